The molecule has 0 aliphatic carbocycles. The molecule has 132 valence electrons. The number of aromatic nitrogens is 2. The number of amides is 1. The van der Waals surface area contributed by atoms with Crippen molar-refractivity contribution in [3.63, 3.8) is 0 Å². The zero-order valence-corrected chi connectivity index (χ0v) is 14.1. The summed E-state index contributed by atoms with van der Waals surface area (Å²) in [4.78, 5) is 21.9. The maximum atomic E-state index is 12.7. The number of hydrogen-bond donors (Lipinski definition) is 3. The molecule has 0 saturated carbocycles. The van der Waals surface area contributed by atoms with Crippen LogP contribution in [0.25, 0.3) is 10.2 Å². The third kappa shape index (κ3) is 4.29. The number of methoxy groups -OCH3 is 1. The fraction of sp³-hybridized carbons (Fsp3) is 0.500. The Balaban J connectivity index is 2.14. The molecule has 2 heterocycles. The number of nitrogens with two attached hydrogens (primary N) is 1. The Labute approximate surface area is 142 Å². The minimum Gasteiger partial charge on any atom is -0.492 e. The molecule has 1 amide bonds. The maximum Gasteiger partial charge on any atom is 0.257 e. The van der Waals surface area contributed by atoms with Crippen molar-refractivity contribution in [2.75, 3.05) is 52.4 Å². The van der Waals surface area contributed by atoms with Crippen molar-refractivity contribution in [1.29, 1.82) is 0 Å². The number of nitrogens with zero attached hydrogens (tertiary/aromatic N) is 3. The van der Waals surface area contributed by atoms with Crippen LogP contribution in [0.15, 0.2) is 5.38 Å². The van der Waals surface area contributed by atoms with Gasteiger partial charge in [-0.2, -0.15) is 4.98 Å². The summed E-state index contributed by atoms with van der Waals surface area (Å²) in [6.45, 7) is 1.52. The SMILES string of the molecule is COCCOCCN(CCO)C(=O)c1csc2c(O)nc(N)nc12. The Morgan fingerprint density at radius 1 is 1.33 bits per heavy atom. The van der Waals surface area contributed by atoms with E-state index >= 15 is 0 Å². The molecule has 0 atom stereocenters. The Bertz CT molecular complexity index is 693. The second kappa shape index (κ2) is 8.73. The van der Waals surface area contributed by atoms with Crippen LogP contribution in [0.2, 0.25) is 0 Å². The zero-order valence-electron chi connectivity index (χ0n) is 13.3. The fourth-order valence-corrected chi connectivity index (χ4v) is 2.96. The summed E-state index contributed by atoms with van der Waals surface area (Å²) in [5, 5.41) is 20.6. The quantitative estimate of drug-likeness (QED) is 0.538. The predicted molar refractivity (Wildman–Crippen MR) is 89.2 cm³/mol. The molecule has 0 unspecified atom stereocenters. The van der Waals surface area contributed by atoms with E-state index in [1.165, 1.54) is 4.90 Å². The summed E-state index contributed by atoms with van der Waals surface area (Å²) in [7, 11) is 1.58. The van der Waals surface area contributed by atoms with E-state index in [0.717, 1.165) is 11.3 Å². The first-order chi connectivity index (χ1) is 11.6. The molecule has 2 rings (SSSR count). The first kappa shape index (κ1) is 18.3. The number of ether oxygens (including phenoxy) is 2. The first-order valence-corrected chi connectivity index (χ1v) is 8.17. The lowest BCUT2D eigenvalue weighted by atomic mass is 10.2. The third-order valence-electron chi connectivity index (χ3n) is 3.24. The van der Waals surface area contributed by atoms with Crippen LogP contribution in [-0.4, -0.2) is 77.6 Å². The van der Waals surface area contributed by atoms with Crippen LogP contribution >= 0.6 is 11.3 Å². The molecule has 10 heteroatoms. The molecule has 4 N–H and O–H groups in total. The van der Waals surface area contributed by atoms with Crippen molar-refractivity contribution in [2.45, 2.75) is 0 Å². The Kier molecular flexibility index (Phi) is 6.67. The van der Waals surface area contributed by atoms with Crippen LogP contribution in [0.5, 0.6) is 5.88 Å². The van der Waals surface area contributed by atoms with Gasteiger partial charge >= 0.3 is 0 Å². The molecule has 0 bridgehead atoms. The van der Waals surface area contributed by atoms with E-state index in [1.807, 2.05) is 0 Å². The lowest BCUT2D eigenvalue weighted by molar-refractivity contribution is 0.0462. The van der Waals surface area contributed by atoms with Crippen molar-refractivity contribution in [1.82, 2.24) is 14.9 Å². The molecule has 0 fully saturated rings. The van der Waals surface area contributed by atoms with Crippen LogP contribution in [0, 0.1) is 0 Å². The van der Waals surface area contributed by atoms with E-state index in [0.29, 0.717) is 42.1 Å². The number of thiophene rings is 1. The highest BCUT2D eigenvalue weighted by Gasteiger charge is 2.22. The van der Waals surface area contributed by atoms with Crippen LogP contribution in [0.1, 0.15) is 10.4 Å². The zero-order chi connectivity index (χ0) is 17.5. The van der Waals surface area contributed by atoms with Gasteiger partial charge in [0.2, 0.25) is 11.8 Å². The highest BCUT2D eigenvalue weighted by atomic mass is 32.1. The third-order valence-corrected chi connectivity index (χ3v) is 4.20. The molecule has 0 aliphatic rings. The van der Waals surface area contributed by atoms with Crippen molar-refractivity contribution in [3.8, 4) is 5.88 Å². The summed E-state index contributed by atoms with van der Waals surface area (Å²) in [6, 6.07) is 0. The van der Waals surface area contributed by atoms with Gasteiger partial charge in [-0.1, -0.05) is 0 Å². The molecule has 2 aromatic rings. The first-order valence-electron chi connectivity index (χ1n) is 7.29. The smallest absolute Gasteiger partial charge is 0.257 e. The molecular formula is C14H20N4O5S. The summed E-state index contributed by atoms with van der Waals surface area (Å²) >= 11 is 1.16. The molecule has 0 saturated heterocycles. The highest BCUT2D eigenvalue weighted by molar-refractivity contribution is 7.17. The number of aliphatic hydroxyl groups is 1. The minimum absolute atomic E-state index is 0.107. The van der Waals surface area contributed by atoms with Crippen molar-refractivity contribution in [3.05, 3.63) is 10.9 Å². The van der Waals surface area contributed by atoms with Crippen LogP contribution in [0.4, 0.5) is 5.95 Å². The topological polar surface area (TPSA) is 131 Å². The average Bonchev–Trinajstić information content (AvgIpc) is 2.97. The van der Waals surface area contributed by atoms with Gasteiger partial charge in [0, 0.05) is 25.6 Å². The fourth-order valence-electron chi connectivity index (χ4n) is 2.10. The Hall–Kier alpha value is -2.01. The highest BCUT2D eigenvalue weighted by Crippen LogP contribution is 2.31. The van der Waals surface area contributed by atoms with E-state index in [2.05, 4.69) is 9.97 Å². The van der Waals surface area contributed by atoms with Gasteiger partial charge in [-0.3, -0.25) is 4.79 Å². The average molecular weight is 356 g/mol. The van der Waals surface area contributed by atoms with Crippen LogP contribution in [0.3, 0.4) is 0 Å². The predicted octanol–water partition coefficient (Wildman–Crippen LogP) is 0.0766. The van der Waals surface area contributed by atoms with Gasteiger partial charge in [0.25, 0.3) is 5.91 Å². The van der Waals surface area contributed by atoms with E-state index < -0.39 is 0 Å². The number of rotatable bonds is 9. The molecule has 24 heavy (non-hydrogen) atoms. The van der Waals surface area contributed by atoms with Gasteiger partial charge in [0.1, 0.15) is 10.2 Å². The van der Waals surface area contributed by atoms with Crippen LogP contribution in [-0.2, 0) is 9.47 Å². The Morgan fingerprint density at radius 2 is 2.12 bits per heavy atom. The monoisotopic (exact) mass is 356 g/mol. The van der Waals surface area contributed by atoms with E-state index in [4.69, 9.17) is 15.2 Å². The number of nitrogen functional groups attached to an aromatic ring is 1. The molecule has 0 aromatic carbocycles. The van der Waals surface area contributed by atoms with Gasteiger partial charge in [-0.05, 0) is 0 Å². The summed E-state index contributed by atoms with van der Waals surface area (Å²) in [5.41, 5.74) is 6.15. The van der Waals surface area contributed by atoms with Gasteiger partial charge in [0.05, 0.1) is 32.0 Å². The molecule has 2 aromatic heterocycles. The number of carbonyl (C=O) groups is 1. The normalized spacial score (nSPS) is 11.1. The van der Waals surface area contributed by atoms with E-state index in [9.17, 15) is 15.0 Å². The number of anilines is 1. The van der Waals surface area contributed by atoms with Crippen molar-refractivity contribution in [2.24, 2.45) is 0 Å². The molecular weight excluding hydrogens is 336 g/mol. The largest absolute Gasteiger partial charge is 0.492 e. The van der Waals surface area contributed by atoms with Crippen molar-refractivity contribution >= 4 is 33.4 Å². The van der Waals surface area contributed by atoms with Gasteiger partial charge in [-0.25, -0.2) is 4.98 Å². The Morgan fingerprint density at radius 3 is 2.83 bits per heavy atom. The number of carbonyl (C=O) groups excluding carboxylic acids is 1. The van der Waals surface area contributed by atoms with E-state index in [-0.39, 0.29) is 30.9 Å². The maximum absolute atomic E-state index is 12.7. The summed E-state index contributed by atoms with van der Waals surface area (Å²) in [6.07, 6.45) is 0. The second-order valence-electron chi connectivity index (χ2n) is 4.85. The lowest BCUT2D eigenvalue weighted by Crippen LogP contribution is -2.36. The summed E-state index contributed by atoms with van der Waals surface area (Å²) in [5.74, 6) is -0.676. The molecule has 0 radical (unpaired) electrons. The summed E-state index contributed by atoms with van der Waals surface area (Å²) < 4.78 is 10.6. The van der Waals surface area contributed by atoms with Crippen LogP contribution < -0.4 is 5.73 Å². The number of fused-ring (bicyclic) bond motifs is 1. The molecule has 9 nitrogen and oxygen atoms in total. The molecule has 0 aliphatic heterocycles. The van der Waals surface area contributed by atoms with Gasteiger partial charge in [-0.15, -0.1) is 11.3 Å². The number of hydrogen-bond acceptors (Lipinski definition) is 9. The minimum atomic E-state index is -0.317. The van der Waals surface area contributed by atoms with Gasteiger partial charge < -0.3 is 30.3 Å². The molecule has 0 spiro atoms. The van der Waals surface area contributed by atoms with E-state index in [1.54, 1.807) is 12.5 Å². The van der Waals surface area contributed by atoms with Crippen molar-refractivity contribution < 1.29 is 24.5 Å². The lowest BCUT2D eigenvalue weighted by Gasteiger charge is -2.21. The second-order valence-corrected chi connectivity index (χ2v) is 5.73. The number of aromatic hydroxyl groups is 1. The van der Waals surface area contributed by atoms with Gasteiger partial charge in [0.15, 0.2) is 0 Å². The number of aliphatic hydroxyl groups excluding tert-OH is 1. The standard InChI is InChI=1S/C14H20N4O5S/c1-22-6-7-23-5-3-18(2-4-19)13(21)9-8-24-11-10(9)16-14(15)17-12(11)20/h8,19H,2-7H2,1H3,(H3,15,16,17,20).